The summed E-state index contributed by atoms with van der Waals surface area (Å²) in [5, 5.41) is 2.36. The molecule has 0 atom stereocenters. The quantitative estimate of drug-likeness (QED) is 0.700. The highest BCUT2D eigenvalue weighted by Crippen LogP contribution is 2.38. The first kappa shape index (κ1) is 15.9. The molecular weight excluding hydrogens is 307 g/mol. The summed E-state index contributed by atoms with van der Waals surface area (Å²) < 4.78 is 11.4. The predicted molar refractivity (Wildman–Crippen MR) is 95.2 cm³/mol. The van der Waals surface area contributed by atoms with Crippen molar-refractivity contribution in [3.05, 3.63) is 66.2 Å². The van der Waals surface area contributed by atoms with E-state index in [4.69, 9.17) is 0 Å². The first-order valence-electron chi connectivity index (χ1n) is 7.56. The molecule has 23 heavy (non-hydrogen) atoms. The van der Waals surface area contributed by atoms with Crippen molar-refractivity contribution in [2.75, 3.05) is 0 Å². The highest BCUT2D eigenvalue weighted by molar-refractivity contribution is 7.60. The third-order valence-electron chi connectivity index (χ3n) is 4.08. The maximum Gasteiger partial charge on any atom is 0.356 e. The maximum atomic E-state index is 11.4. The van der Waals surface area contributed by atoms with Crippen LogP contribution in [-0.4, -0.2) is 9.79 Å². The summed E-state index contributed by atoms with van der Waals surface area (Å²) >= 11 is 0. The lowest BCUT2D eigenvalue weighted by Crippen LogP contribution is -2.03. The zero-order valence-electron chi connectivity index (χ0n) is 13.1. The van der Waals surface area contributed by atoms with E-state index in [2.05, 4.69) is 38.1 Å². The molecule has 0 saturated carbocycles. The molecule has 0 spiro atoms. The number of hydrogen-bond donors (Lipinski definition) is 2. The van der Waals surface area contributed by atoms with Gasteiger partial charge in [-0.2, -0.15) is 0 Å². The van der Waals surface area contributed by atoms with Gasteiger partial charge in [-0.15, -0.1) is 0 Å². The summed E-state index contributed by atoms with van der Waals surface area (Å²) in [6.07, 6.45) is 0. The average Bonchev–Trinajstić information content (AvgIpc) is 2.53. The molecule has 0 saturated heterocycles. The monoisotopic (exact) mass is 326 g/mol. The molecule has 2 N–H and O–H groups in total. The molecule has 0 aromatic heterocycles. The van der Waals surface area contributed by atoms with Crippen molar-refractivity contribution >= 4 is 23.7 Å². The number of hydrogen-bond acceptors (Lipinski definition) is 1. The molecule has 3 aromatic rings. The van der Waals surface area contributed by atoms with Crippen molar-refractivity contribution in [1.82, 2.24) is 0 Å². The molecule has 0 heterocycles. The molecule has 0 unspecified atom stereocenters. The Labute approximate surface area is 135 Å². The second-order valence-corrected chi connectivity index (χ2v) is 7.60. The molecule has 0 radical (unpaired) electrons. The molecule has 3 nitrogen and oxygen atoms in total. The SMILES string of the molecule is CC(C)c1ccc2ccccc2c1-c1ccc(P(=O)(O)O)cc1. The number of benzene rings is 3. The van der Waals surface area contributed by atoms with Gasteiger partial charge < -0.3 is 9.79 Å². The van der Waals surface area contributed by atoms with Crippen LogP contribution in [0.1, 0.15) is 25.3 Å². The minimum atomic E-state index is -4.21. The Balaban J connectivity index is 2.25. The van der Waals surface area contributed by atoms with Crippen LogP contribution in [0.25, 0.3) is 21.9 Å². The Hall–Kier alpha value is -1.93. The van der Waals surface area contributed by atoms with Gasteiger partial charge in [0, 0.05) is 0 Å². The van der Waals surface area contributed by atoms with Gasteiger partial charge in [-0.25, -0.2) is 0 Å². The van der Waals surface area contributed by atoms with E-state index in [0.29, 0.717) is 5.92 Å². The van der Waals surface area contributed by atoms with Gasteiger partial charge in [0.2, 0.25) is 0 Å². The Morgan fingerprint density at radius 1 is 0.870 bits per heavy atom. The minimum Gasteiger partial charge on any atom is -0.321 e. The van der Waals surface area contributed by atoms with Gasteiger partial charge in [0.1, 0.15) is 0 Å². The van der Waals surface area contributed by atoms with E-state index in [1.165, 1.54) is 17.7 Å². The van der Waals surface area contributed by atoms with Gasteiger partial charge in [0.05, 0.1) is 5.30 Å². The Morgan fingerprint density at radius 2 is 1.52 bits per heavy atom. The van der Waals surface area contributed by atoms with Crippen molar-refractivity contribution in [1.29, 1.82) is 0 Å². The van der Waals surface area contributed by atoms with Crippen LogP contribution in [0.3, 0.4) is 0 Å². The fourth-order valence-corrected chi connectivity index (χ4v) is 3.45. The topological polar surface area (TPSA) is 57.5 Å². The van der Waals surface area contributed by atoms with E-state index in [9.17, 15) is 14.4 Å². The maximum absolute atomic E-state index is 11.4. The standard InChI is InChI=1S/C19H19O3P/c1-13(2)17-12-9-14-5-3-4-6-18(14)19(17)15-7-10-16(11-8-15)23(20,21)22/h3-13H,1-2H3,(H2,20,21,22). The van der Waals surface area contributed by atoms with E-state index < -0.39 is 7.60 Å². The molecule has 3 rings (SSSR count). The van der Waals surface area contributed by atoms with Crippen molar-refractivity contribution in [3.63, 3.8) is 0 Å². The number of rotatable bonds is 3. The highest BCUT2D eigenvalue weighted by Gasteiger charge is 2.18. The normalized spacial score (nSPS) is 12.0. The molecule has 0 aliphatic rings. The summed E-state index contributed by atoms with van der Waals surface area (Å²) in [7, 11) is -4.21. The van der Waals surface area contributed by atoms with Crippen LogP contribution in [0.5, 0.6) is 0 Å². The van der Waals surface area contributed by atoms with Crippen LogP contribution in [0.15, 0.2) is 60.7 Å². The van der Waals surface area contributed by atoms with Crippen molar-refractivity contribution < 1.29 is 14.4 Å². The molecule has 0 bridgehead atoms. The molecule has 0 amide bonds. The van der Waals surface area contributed by atoms with Crippen LogP contribution in [0.2, 0.25) is 0 Å². The Kier molecular flexibility index (Phi) is 4.11. The molecule has 4 heteroatoms. The van der Waals surface area contributed by atoms with Crippen LogP contribution in [-0.2, 0) is 4.57 Å². The Morgan fingerprint density at radius 3 is 2.13 bits per heavy atom. The third-order valence-corrected chi connectivity index (χ3v) is 5.05. The first-order chi connectivity index (χ1) is 10.9. The van der Waals surface area contributed by atoms with E-state index >= 15 is 0 Å². The average molecular weight is 326 g/mol. The van der Waals surface area contributed by atoms with Gasteiger partial charge in [0.25, 0.3) is 0 Å². The van der Waals surface area contributed by atoms with Crippen LogP contribution in [0.4, 0.5) is 0 Å². The van der Waals surface area contributed by atoms with Crippen molar-refractivity contribution in [2.24, 2.45) is 0 Å². The van der Waals surface area contributed by atoms with Crippen molar-refractivity contribution in [3.8, 4) is 11.1 Å². The largest absolute Gasteiger partial charge is 0.356 e. The van der Waals surface area contributed by atoms with E-state index in [0.717, 1.165) is 21.9 Å². The van der Waals surface area contributed by atoms with Gasteiger partial charge in [0.15, 0.2) is 0 Å². The second kappa shape index (κ2) is 5.93. The molecular formula is C19H19O3P. The van der Waals surface area contributed by atoms with Gasteiger partial charge >= 0.3 is 7.60 Å². The first-order valence-corrected chi connectivity index (χ1v) is 9.17. The van der Waals surface area contributed by atoms with E-state index in [-0.39, 0.29) is 5.30 Å². The fraction of sp³-hybridized carbons (Fsp3) is 0.158. The molecule has 0 aliphatic carbocycles. The molecule has 0 aliphatic heterocycles. The van der Waals surface area contributed by atoms with Crippen molar-refractivity contribution in [2.45, 2.75) is 19.8 Å². The van der Waals surface area contributed by atoms with Crippen LogP contribution in [0, 0.1) is 0 Å². The summed E-state index contributed by atoms with van der Waals surface area (Å²) in [5.41, 5.74) is 3.34. The molecule has 3 aromatic carbocycles. The number of fused-ring (bicyclic) bond motifs is 1. The van der Waals surface area contributed by atoms with E-state index in [1.807, 2.05) is 12.1 Å². The zero-order valence-corrected chi connectivity index (χ0v) is 14.0. The van der Waals surface area contributed by atoms with Gasteiger partial charge in [-0.05, 0) is 45.5 Å². The smallest absolute Gasteiger partial charge is 0.321 e. The Bertz CT molecular complexity index is 892. The highest BCUT2D eigenvalue weighted by atomic mass is 31.2. The van der Waals surface area contributed by atoms with E-state index in [1.54, 1.807) is 12.1 Å². The minimum absolute atomic E-state index is 0.0487. The van der Waals surface area contributed by atoms with Crippen LogP contribution < -0.4 is 5.30 Å². The zero-order chi connectivity index (χ0) is 16.6. The van der Waals surface area contributed by atoms with Gasteiger partial charge in [-0.1, -0.05) is 62.4 Å². The summed E-state index contributed by atoms with van der Waals surface area (Å²) in [6.45, 7) is 4.30. The fourth-order valence-electron chi connectivity index (χ4n) is 2.91. The predicted octanol–water partition coefficient (Wildman–Crippen LogP) is 4.43. The van der Waals surface area contributed by atoms with Gasteiger partial charge in [-0.3, -0.25) is 4.57 Å². The van der Waals surface area contributed by atoms with Crippen LogP contribution >= 0.6 is 7.60 Å². The summed E-state index contributed by atoms with van der Waals surface area (Å²) in [4.78, 5) is 18.6. The molecule has 0 fully saturated rings. The third kappa shape index (κ3) is 3.09. The summed E-state index contributed by atoms with van der Waals surface area (Å²) in [5.74, 6) is 0.357. The lowest BCUT2D eigenvalue weighted by atomic mass is 9.88. The lowest BCUT2D eigenvalue weighted by Gasteiger charge is -2.17. The second-order valence-electron chi connectivity index (χ2n) is 6.00. The summed E-state index contributed by atoms with van der Waals surface area (Å²) in [6, 6.07) is 19.1. The lowest BCUT2D eigenvalue weighted by molar-refractivity contribution is 0.387. The molecule has 118 valence electrons.